The van der Waals surface area contributed by atoms with E-state index in [9.17, 15) is 14.4 Å². The van der Waals surface area contributed by atoms with Crippen molar-refractivity contribution < 1.29 is 23.9 Å². The highest BCUT2D eigenvalue weighted by atomic mass is 79.9. The van der Waals surface area contributed by atoms with E-state index in [0.29, 0.717) is 26.6 Å². The van der Waals surface area contributed by atoms with Crippen LogP contribution in [-0.4, -0.2) is 35.9 Å². The third kappa shape index (κ3) is 4.91. The number of barbiturate groups is 1. The molecule has 0 bridgehead atoms. The molecule has 1 aliphatic carbocycles. The first kappa shape index (κ1) is 23.3. The van der Waals surface area contributed by atoms with E-state index in [4.69, 9.17) is 21.1 Å². The van der Waals surface area contributed by atoms with E-state index >= 15 is 0 Å². The van der Waals surface area contributed by atoms with Gasteiger partial charge < -0.3 is 9.47 Å². The molecule has 2 fully saturated rings. The Morgan fingerprint density at radius 1 is 1.18 bits per heavy atom. The summed E-state index contributed by atoms with van der Waals surface area (Å²) >= 11 is 9.69. The number of halogens is 2. The van der Waals surface area contributed by atoms with Crippen molar-refractivity contribution >= 4 is 51.5 Å². The highest BCUT2D eigenvalue weighted by molar-refractivity contribution is 9.10. The second kappa shape index (κ2) is 9.97. The van der Waals surface area contributed by atoms with E-state index < -0.39 is 17.8 Å². The molecular formula is C24H22BrClN2O5. The molecule has 0 aromatic heterocycles. The number of rotatable bonds is 6. The van der Waals surface area contributed by atoms with Crippen molar-refractivity contribution in [2.45, 2.75) is 38.3 Å². The Hall–Kier alpha value is -2.84. The monoisotopic (exact) mass is 532 g/mol. The molecule has 1 aliphatic heterocycles. The lowest BCUT2D eigenvalue weighted by Gasteiger charge is -2.31. The first-order valence-corrected chi connectivity index (χ1v) is 11.7. The van der Waals surface area contributed by atoms with E-state index in [-0.39, 0.29) is 18.2 Å². The molecule has 1 N–H and O–H groups in total. The third-order valence-electron chi connectivity index (χ3n) is 5.72. The van der Waals surface area contributed by atoms with Crippen molar-refractivity contribution in [1.29, 1.82) is 0 Å². The molecule has 33 heavy (non-hydrogen) atoms. The molecule has 1 saturated heterocycles. The van der Waals surface area contributed by atoms with Crippen molar-refractivity contribution in [3.63, 3.8) is 0 Å². The van der Waals surface area contributed by atoms with Crippen molar-refractivity contribution in [2.24, 2.45) is 0 Å². The van der Waals surface area contributed by atoms with Gasteiger partial charge in [0.15, 0.2) is 11.5 Å². The van der Waals surface area contributed by atoms with Gasteiger partial charge in [-0.25, -0.2) is 4.79 Å². The molecule has 1 heterocycles. The Morgan fingerprint density at radius 3 is 2.61 bits per heavy atom. The number of amides is 4. The number of carbonyl (C=O) groups excluding carboxylic acids is 3. The second-order valence-corrected chi connectivity index (χ2v) is 9.11. The molecule has 2 aromatic carbocycles. The summed E-state index contributed by atoms with van der Waals surface area (Å²) < 4.78 is 12.0. The number of benzene rings is 2. The topological polar surface area (TPSA) is 84.9 Å². The largest absolute Gasteiger partial charge is 0.493 e. The number of hydrogen-bond acceptors (Lipinski definition) is 5. The fourth-order valence-electron chi connectivity index (χ4n) is 4.06. The predicted molar refractivity (Wildman–Crippen MR) is 127 cm³/mol. The first-order valence-electron chi connectivity index (χ1n) is 10.5. The molecule has 1 saturated carbocycles. The number of nitrogens with one attached hydrogen (secondary N) is 1. The standard InChI is InChI=1S/C24H22BrClN2O5/c1-32-20-12-14(11-18(25)21(20)33-13-15-6-2-5-9-19(15)26)10-17-22(29)27-24(31)28(23(17)30)16-7-3-4-8-16/h2,5-6,9-12,16H,3-4,7-8,13H2,1H3,(H,27,29,31)/b17-10-. The Kier molecular flexibility index (Phi) is 7.05. The maximum atomic E-state index is 13.0. The fraction of sp³-hybridized carbons (Fsp3) is 0.292. The zero-order valence-electron chi connectivity index (χ0n) is 17.9. The van der Waals surface area contributed by atoms with Gasteiger partial charge >= 0.3 is 6.03 Å². The Balaban J connectivity index is 1.61. The average molecular weight is 534 g/mol. The van der Waals surface area contributed by atoms with E-state index in [1.165, 1.54) is 18.1 Å². The van der Waals surface area contributed by atoms with Gasteiger partial charge in [-0.15, -0.1) is 0 Å². The molecule has 2 aliphatic rings. The molecule has 7 nitrogen and oxygen atoms in total. The first-order chi connectivity index (χ1) is 15.9. The zero-order chi connectivity index (χ0) is 23.5. The molecule has 2 aromatic rings. The SMILES string of the molecule is COc1cc(/C=C2/C(=O)NC(=O)N(C3CCCC3)C2=O)cc(Br)c1OCc1ccccc1Cl. The number of imide groups is 2. The Morgan fingerprint density at radius 2 is 1.91 bits per heavy atom. The zero-order valence-corrected chi connectivity index (χ0v) is 20.2. The van der Waals surface area contributed by atoms with E-state index in [1.807, 2.05) is 18.2 Å². The van der Waals surface area contributed by atoms with Crippen LogP contribution >= 0.6 is 27.5 Å². The summed E-state index contributed by atoms with van der Waals surface area (Å²) in [5.74, 6) is -0.421. The summed E-state index contributed by atoms with van der Waals surface area (Å²) in [6.45, 7) is 0.231. The van der Waals surface area contributed by atoms with Crippen LogP contribution in [0.3, 0.4) is 0 Å². The van der Waals surface area contributed by atoms with Crippen LogP contribution < -0.4 is 14.8 Å². The number of hydrogen-bond donors (Lipinski definition) is 1. The maximum absolute atomic E-state index is 13.0. The van der Waals surface area contributed by atoms with Crippen LogP contribution in [0.5, 0.6) is 11.5 Å². The van der Waals surface area contributed by atoms with Crippen LogP contribution in [0.15, 0.2) is 46.4 Å². The van der Waals surface area contributed by atoms with Crippen molar-refractivity contribution in [3.8, 4) is 11.5 Å². The van der Waals surface area contributed by atoms with Crippen molar-refractivity contribution in [2.75, 3.05) is 7.11 Å². The van der Waals surface area contributed by atoms with Gasteiger partial charge in [0.05, 0.1) is 11.6 Å². The van der Waals surface area contributed by atoms with Gasteiger partial charge in [0.25, 0.3) is 11.8 Å². The second-order valence-electron chi connectivity index (χ2n) is 7.84. The van der Waals surface area contributed by atoms with E-state index in [1.54, 1.807) is 18.2 Å². The predicted octanol–water partition coefficient (Wildman–Crippen LogP) is 5.09. The fourth-order valence-corrected chi connectivity index (χ4v) is 4.82. The van der Waals surface area contributed by atoms with Gasteiger partial charge in [0, 0.05) is 16.6 Å². The number of carbonyl (C=O) groups is 3. The van der Waals surface area contributed by atoms with Gasteiger partial charge in [0.1, 0.15) is 12.2 Å². The quantitative estimate of drug-likeness (QED) is 0.413. The number of nitrogens with zero attached hydrogens (tertiary/aromatic N) is 1. The summed E-state index contributed by atoms with van der Waals surface area (Å²) in [6, 6.07) is 9.91. The van der Waals surface area contributed by atoms with Crippen LogP contribution in [0.25, 0.3) is 6.08 Å². The Bertz CT molecular complexity index is 1140. The highest BCUT2D eigenvalue weighted by Crippen LogP contribution is 2.38. The molecule has 9 heteroatoms. The van der Waals surface area contributed by atoms with E-state index in [0.717, 1.165) is 31.2 Å². The molecule has 4 rings (SSSR count). The molecule has 0 atom stereocenters. The smallest absolute Gasteiger partial charge is 0.331 e. The molecule has 172 valence electrons. The molecule has 0 radical (unpaired) electrons. The average Bonchev–Trinajstić information content (AvgIpc) is 3.30. The molecule has 0 spiro atoms. The lowest BCUT2D eigenvalue weighted by molar-refractivity contribution is -0.131. The summed E-state index contributed by atoms with van der Waals surface area (Å²) in [5, 5.41) is 2.88. The van der Waals surface area contributed by atoms with Crippen LogP contribution in [0.2, 0.25) is 5.02 Å². The summed E-state index contributed by atoms with van der Waals surface area (Å²) in [5.41, 5.74) is 1.27. The minimum atomic E-state index is -0.714. The summed E-state index contributed by atoms with van der Waals surface area (Å²) in [7, 11) is 1.50. The van der Waals surface area contributed by atoms with Gasteiger partial charge in [-0.05, 0) is 58.6 Å². The lowest BCUT2D eigenvalue weighted by Crippen LogP contribution is -2.57. The van der Waals surface area contributed by atoms with Crippen LogP contribution in [0, 0.1) is 0 Å². The molecule has 4 amide bonds. The van der Waals surface area contributed by atoms with Gasteiger partial charge in [-0.2, -0.15) is 0 Å². The van der Waals surface area contributed by atoms with Gasteiger partial charge in [-0.1, -0.05) is 42.6 Å². The third-order valence-corrected chi connectivity index (χ3v) is 6.67. The van der Waals surface area contributed by atoms with Gasteiger partial charge in [0.2, 0.25) is 0 Å². The molecular weight excluding hydrogens is 512 g/mol. The van der Waals surface area contributed by atoms with Crippen LogP contribution in [0.4, 0.5) is 4.79 Å². The lowest BCUT2D eigenvalue weighted by atomic mass is 10.0. The number of urea groups is 1. The number of ether oxygens (including phenoxy) is 2. The minimum absolute atomic E-state index is 0.0970. The Labute approximate surface area is 204 Å². The van der Waals surface area contributed by atoms with E-state index in [2.05, 4.69) is 21.2 Å². The minimum Gasteiger partial charge on any atom is -0.493 e. The van der Waals surface area contributed by atoms with Gasteiger partial charge in [-0.3, -0.25) is 19.8 Å². The number of methoxy groups -OCH3 is 1. The highest BCUT2D eigenvalue weighted by Gasteiger charge is 2.40. The van der Waals surface area contributed by atoms with Crippen LogP contribution in [0.1, 0.15) is 36.8 Å². The maximum Gasteiger partial charge on any atom is 0.331 e. The summed E-state index contributed by atoms with van der Waals surface area (Å²) in [4.78, 5) is 39.0. The van der Waals surface area contributed by atoms with Crippen molar-refractivity contribution in [3.05, 3.63) is 62.6 Å². The van der Waals surface area contributed by atoms with Crippen molar-refractivity contribution in [1.82, 2.24) is 10.2 Å². The molecule has 0 unspecified atom stereocenters. The normalized spacial score (nSPS) is 18.1. The summed E-state index contributed by atoms with van der Waals surface area (Å²) in [6.07, 6.45) is 4.86. The van der Waals surface area contributed by atoms with Crippen LogP contribution in [-0.2, 0) is 16.2 Å².